The fourth-order valence-corrected chi connectivity index (χ4v) is 3.36. The van der Waals surface area contributed by atoms with Crippen LogP contribution in [0.2, 0.25) is 6.43 Å². The van der Waals surface area contributed by atoms with E-state index in [1.807, 2.05) is 5.32 Å². The van der Waals surface area contributed by atoms with Crippen molar-refractivity contribution in [1.29, 1.82) is 0 Å². The van der Waals surface area contributed by atoms with Crippen LogP contribution in [0.4, 0.5) is 8.78 Å². The number of nitrogens with zero attached hydrogens (tertiary/aromatic N) is 1. The summed E-state index contributed by atoms with van der Waals surface area (Å²) in [6.45, 7) is -3.68. The first-order chi connectivity index (χ1) is 17.4. The second-order valence-electron chi connectivity index (χ2n) is 6.95. The van der Waals surface area contributed by atoms with Gasteiger partial charge in [-0.3, -0.25) is 24.5 Å². The van der Waals surface area contributed by atoms with E-state index < -0.39 is 77.8 Å². The highest BCUT2D eigenvalue weighted by molar-refractivity contribution is 6.30. The van der Waals surface area contributed by atoms with Gasteiger partial charge >= 0.3 is 5.92 Å². The quantitative estimate of drug-likeness (QED) is 0.660. The Morgan fingerprint density at radius 3 is 2.72 bits per heavy atom. The topological polar surface area (TPSA) is 95.6 Å². The molecule has 4 amide bonds. The number of rotatable bonds is 5. The summed E-state index contributed by atoms with van der Waals surface area (Å²) < 4.78 is 78.6. The molecule has 2 aliphatic heterocycles. The van der Waals surface area contributed by atoms with E-state index in [1.165, 1.54) is 0 Å². The molecule has 2 aromatic rings. The van der Waals surface area contributed by atoms with Gasteiger partial charge in [-0.05, 0) is 35.7 Å². The first-order valence-corrected chi connectivity index (χ1v) is 9.59. The number of imide groups is 1. The maximum Gasteiger partial charge on any atom is 0.349 e. The molecule has 7 nitrogen and oxygen atoms in total. The third-order valence-corrected chi connectivity index (χ3v) is 5.08. The second kappa shape index (κ2) is 8.31. The standard InChI is InChI=1S/C22H18ClF2N3O4/c23-15-4-2-14(3-5-15)22(24,25)21(32)26-10-12-1-6-16-13(9-12)11-28(20(16)31)17-7-8-18(29)27-19(17)30/h1-6,9,17H,7-8,10-11H2,(H,26,32)(H,27,29,30)/i7D2,10D2,17D/hD. The van der Waals surface area contributed by atoms with E-state index in [-0.39, 0.29) is 16.1 Å². The lowest BCUT2D eigenvalue weighted by atomic mass is 10.0. The molecule has 10 heteroatoms. The second-order valence-corrected chi connectivity index (χ2v) is 7.39. The van der Waals surface area contributed by atoms with E-state index in [0.29, 0.717) is 4.90 Å². The minimum absolute atomic E-state index is 0.00573. The number of amides is 4. The van der Waals surface area contributed by atoms with Gasteiger partial charge in [-0.2, -0.15) is 8.78 Å². The summed E-state index contributed by atoms with van der Waals surface area (Å²) in [7, 11) is 0. The SMILES string of the molecule is [2H]N(C(=O)C(F)(F)c1ccc(Cl)cc1)C([2H])([2H])c1ccc2c(c1)CN(C1([2H])C(=O)NC(=O)CC1([2H])[2H])C2=O. The maximum absolute atomic E-state index is 14.8. The highest BCUT2D eigenvalue weighted by Crippen LogP contribution is 2.30. The molecule has 0 aliphatic carbocycles. The summed E-state index contributed by atoms with van der Waals surface area (Å²) in [6, 6.07) is 4.15. The van der Waals surface area contributed by atoms with Gasteiger partial charge in [0.15, 0.2) is 1.41 Å². The number of halogens is 3. The highest BCUT2D eigenvalue weighted by Gasteiger charge is 2.41. The molecule has 0 radical (unpaired) electrons. The molecule has 166 valence electrons. The van der Waals surface area contributed by atoms with E-state index in [9.17, 15) is 28.0 Å². The van der Waals surface area contributed by atoms with Crippen molar-refractivity contribution < 1.29 is 36.2 Å². The van der Waals surface area contributed by atoms with Crippen LogP contribution in [0.15, 0.2) is 42.5 Å². The Morgan fingerprint density at radius 1 is 1.31 bits per heavy atom. The molecule has 1 saturated heterocycles. The van der Waals surface area contributed by atoms with Crippen molar-refractivity contribution in [3.63, 3.8) is 0 Å². The predicted molar refractivity (Wildman–Crippen MR) is 110 cm³/mol. The number of alkyl halides is 2. The Labute approximate surface area is 195 Å². The normalized spacial score (nSPS) is 25.5. The summed E-state index contributed by atoms with van der Waals surface area (Å²) in [4.78, 5) is 50.2. The minimum atomic E-state index is -4.28. The zero-order valence-electron chi connectivity index (χ0n) is 22.1. The summed E-state index contributed by atoms with van der Waals surface area (Å²) in [5.41, 5.74) is -1.42. The largest absolute Gasteiger partial charge is 0.349 e. The number of benzene rings is 2. The Bertz CT molecular complexity index is 1380. The molecule has 2 aliphatic rings. The lowest BCUT2D eigenvalue weighted by Crippen LogP contribution is -2.52. The zero-order valence-corrected chi connectivity index (χ0v) is 16.9. The first kappa shape index (κ1) is 15.5. The van der Waals surface area contributed by atoms with Gasteiger partial charge in [0.25, 0.3) is 11.8 Å². The minimum Gasteiger partial charge on any atom is -0.346 e. The lowest BCUT2D eigenvalue weighted by Gasteiger charge is -2.29. The van der Waals surface area contributed by atoms with Crippen LogP contribution in [0.1, 0.15) is 46.7 Å². The summed E-state index contributed by atoms with van der Waals surface area (Å²) in [6.07, 6.45) is -3.63. The van der Waals surface area contributed by atoms with Gasteiger partial charge in [0.1, 0.15) is 6.02 Å². The number of nitrogens with one attached hydrogen (secondary N) is 2. The van der Waals surface area contributed by atoms with Gasteiger partial charge in [0.05, 0.1) is 4.11 Å². The van der Waals surface area contributed by atoms with Gasteiger partial charge in [-0.15, -0.1) is 0 Å². The maximum atomic E-state index is 14.8. The molecule has 4 rings (SSSR count). The molecule has 2 N–H and O–H groups in total. The van der Waals surface area contributed by atoms with Crippen molar-refractivity contribution in [3.8, 4) is 0 Å². The van der Waals surface area contributed by atoms with E-state index >= 15 is 0 Å². The third-order valence-electron chi connectivity index (χ3n) is 4.83. The Kier molecular flexibility index (Phi) is 4.02. The van der Waals surface area contributed by atoms with E-state index in [4.69, 9.17) is 19.9 Å². The highest BCUT2D eigenvalue weighted by atomic mass is 35.5. The molecular weight excluding hydrogens is 444 g/mol. The molecule has 0 spiro atoms. The van der Waals surface area contributed by atoms with E-state index in [0.717, 1.165) is 42.5 Å². The fourth-order valence-electron chi connectivity index (χ4n) is 3.23. The van der Waals surface area contributed by atoms with Crippen molar-refractivity contribution in [2.75, 3.05) is 0 Å². The summed E-state index contributed by atoms with van der Waals surface area (Å²) >= 11 is 5.68. The van der Waals surface area contributed by atoms with Gasteiger partial charge in [0, 0.05) is 38.4 Å². The van der Waals surface area contributed by atoms with Crippen LogP contribution >= 0.6 is 11.6 Å². The number of carbonyl (C=O) groups excluding carboxylic acids is 4. The Morgan fingerprint density at radius 2 is 2.03 bits per heavy atom. The van der Waals surface area contributed by atoms with E-state index in [2.05, 4.69) is 0 Å². The van der Waals surface area contributed by atoms with Crippen molar-refractivity contribution >= 4 is 35.2 Å². The zero-order chi connectivity index (χ0) is 28.4. The summed E-state index contributed by atoms with van der Waals surface area (Å²) in [5, 5.41) is 1.43. The Hall–Kier alpha value is -3.33. The van der Waals surface area contributed by atoms with Gasteiger partial charge in [0.2, 0.25) is 11.8 Å². The number of carbonyl (C=O) groups is 4. The monoisotopic (exact) mass is 467 g/mol. The number of piperidine rings is 1. The van der Waals surface area contributed by atoms with Crippen molar-refractivity contribution in [3.05, 3.63) is 69.7 Å². The molecule has 1 atom stereocenters. The van der Waals surface area contributed by atoms with Crippen LogP contribution in [-0.2, 0) is 33.3 Å². The van der Waals surface area contributed by atoms with E-state index in [1.54, 1.807) is 0 Å². The van der Waals surface area contributed by atoms with Crippen LogP contribution in [-0.4, -0.2) is 34.5 Å². The van der Waals surface area contributed by atoms with Crippen LogP contribution in [0.3, 0.4) is 0 Å². The van der Waals surface area contributed by atoms with Crippen LogP contribution in [0.25, 0.3) is 0 Å². The Balaban J connectivity index is 1.64. The van der Waals surface area contributed by atoms with Crippen LogP contribution in [0.5, 0.6) is 0 Å². The van der Waals surface area contributed by atoms with Crippen molar-refractivity contribution in [2.24, 2.45) is 0 Å². The lowest BCUT2D eigenvalue weighted by molar-refractivity contribution is -0.147. The van der Waals surface area contributed by atoms with Crippen LogP contribution in [0, 0.1) is 0 Å². The number of hydrogen-bond donors (Lipinski definition) is 2. The predicted octanol–water partition coefficient (Wildman–Crippen LogP) is 2.51. The molecule has 0 bridgehead atoms. The van der Waals surface area contributed by atoms with Crippen LogP contribution < -0.4 is 10.6 Å². The molecule has 1 fully saturated rings. The molecule has 1 unspecified atom stereocenters. The van der Waals surface area contributed by atoms with Gasteiger partial charge < -0.3 is 10.2 Å². The molecule has 2 heterocycles. The average Bonchev–Trinajstić information content (AvgIpc) is 3.17. The van der Waals surface area contributed by atoms with Crippen molar-refractivity contribution in [1.82, 2.24) is 15.5 Å². The fraction of sp³-hybridized carbons (Fsp3) is 0.273. The number of hydrogen-bond acceptors (Lipinski definition) is 4. The first-order valence-electron chi connectivity index (χ1n) is 12.2. The molecule has 32 heavy (non-hydrogen) atoms. The van der Waals surface area contributed by atoms with Crippen molar-refractivity contribution in [2.45, 2.75) is 37.8 Å². The van der Waals surface area contributed by atoms with Gasteiger partial charge in [-0.25, -0.2) is 0 Å². The smallest absolute Gasteiger partial charge is 0.346 e. The third kappa shape index (κ3) is 4.08. The molecule has 2 aromatic carbocycles. The molecular formula is C22H18ClF2N3O4. The number of fused-ring (bicyclic) bond motifs is 1. The molecule has 0 saturated carbocycles. The average molecular weight is 468 g/mol. The molecule has 0 aromatic heterocycles. The van der Waals surface area contributed by atoms with Gasteiger partial charge in [-0.1, -0.05) is 35.9 Å². The summed E-state index contributed by atoms with van der Waals surface area (Å²) in [5.74, 6) is -9.73.